The fraction of sp³-hybridized carbons (Fsp3) is 0.769. The van der Waals surface area contributed by atoms with Gasteiger partial charge in [-0.25, -0.2) is 0 Å². The highest BCUT2D eigenvalue weighted by Gasteiger charge is 2.27. The predicted molar refractivity (Wildman–Crippen MR) is 71.1 cm³/mol. The number of hydrogen-bond acceptors (Lipinski definition) is 5. The molecular formula is C13H22N2O5. The van der Waals surface area contributed by atoms with Gasteiger partial charge in [-0.05, 0) is 13.8 Å². The second kappa shape index (κ2) is 7.84. The molecule has 0 aromatic rings. The average Bonchev–Trinajstić information content (AvgIpc) is 2.44. The van der Waals surface area contributed by atoms with Crippen molar-refractivity contribution < 1.29 is 24.2 Å². The first kappa shape index (κ1) is 16.4. The van der Waals surface area contributed by atoms with Gasteiger partial charge in [-0.15, -0.1) is 0 Å². The van der Waals surface area contributed by atoms with E-state index in [-0.39, 0.29) is 24.7 Å². The van der Waals surface area contributed by atoms with Gasteiger partial charge in [0.05, 0.1) is 13.0 Å². The van der Waals surface area contributed by atoms with Crippen LogP contribution in [-0.2, 0) is 19.1 Å². The molecule has 1 N–H and O–H groups in total. The van der Waals surface area contributed by atoms with Gasteiger partial charge in [0.2, 0.25) is 5.91 Å². The molecular weight excluding hydrogens is 264 g/mol. The number of carbonyl (C=O) groups excluding carboxylic acids is 2. The van der Waals surface area contributed by atoms with Crippen molar-refractivity contribution in [3.05, 3.63) is 0 Å². The van der Waals surface area contributed by atoms with Crippen LogP contribution in [0.25, 0.3) is 0 Å². The zero-order valence-corrected chi connectivity index (χ0v) is 12.0. The molecule has 0 saturated carbocycles. The van der Waals surface area contributed by atoms with E-state index in [1.165, 1.54) is 0 Å². The number of aliphatic carboxylic acids is 1. The van der Waals surface area contributed by atoms with Crippen LogP contribution in [0, 0.1) is 0 Å². The molecule has 0 spiro atoms. The summed E-state index contributed by atoms with van der Waals surface area (Å²) in [5, 5.41) is 8.93. The minimum atomic E-state index is -0.855. The zero-order chi connectivity index (χ0) is 15.1. The van der Waals surface area contributed by atoms with E-state index in [0.717, 1.165) is 0 Å². The molecule has 20 heavy (non-hydrogen) atoms. The number of ether oxygens (including phenoxy) is 1. The molecule has 1 rings (SSSR count). The number of carbonyl (C=O) groups is 3. The summed E-state index contributed by atoms with van der Waals surface area (Å²) < 4.78 is 4.77. The van der Waals surface area contributed by atoms with Crippen LogP contribution in [0.1, 0.15) is 26.7 Å². The normalized spacial score (nSPS) is 17.6. The lowest BCUT2D eigenvalue weighted by atomic mass is 10.2. The van der Waals surface area contributed by atoms with Crippen molar-refractivity contribution in [2.45, 2.75) is 32.7 Å². The highest BCUT2D eigenvalue weighted by molar-refractivity contribution is 5.81. The van der Waals surface area contributed by atoms with Gasteiger partial charge in [0.1, 0.15) is 6.04 Å². The average molecular weight is 286 g/mol. The van der Waals surface area contributed by atoms with E-state index in [1.54, 1.807) is 18.7 Å². The second-order valence-electron chi connectivity index (χ2n) is 4.74. The summed E-state index contributed by atoms with van der Waals surface area (Å²) in [4.78, 5) is 37.5. The number of carboxylic acid groups (broad SMARTS) is 1. The Morgan fingerprint density at radius 3 is 2.25 bits per heavy atom. The highest BCUT2D eigenvalue weighted by atomic mass is 16.5. The van der Waals surface area contributed by atoms with E-state index >= 15 is 0 Å². The molecule has 7 heteroatoms. The topological polar surface area (TPSA) is 87.2 Å². The summed E-state index contributed by atoms with van der Waals surface area (Å²) in [6.45, 7) is 5.76. The van der Waals surface area contributed by atoms with Crippen molar-refractivity contribution in [3.63, 3.8) is 0 Å². The van der Waals surface area contributed by atoms with Gasteiger partial charge in [0, 0.05) is 32.6 Å². The molecule has 1 unspecified atom stereocenters. The fourth-order valence-electron chi connectivity index (χ4n) is 2.12. The maximum atomic E-state index is 11.9. The third kappa shape index (κ3) is 4.80. The van der Waals surface area contributed by atoms with Gasteiger partial charge in [-0.2, -0.15) is 0 Å². The Morgan fingerprint density at radius 1 is 1.15 bits per heavy atom. The van der Waals surface area contributed by atoms with Crippen LogP contribution in [0.2, 0.25) is 0 Å². The maximum absolute atomic E-state index is 11.9. The van der Waals surface area contributed by atoms with Crippen molar-refractivity contribution in [1.29, 1.82) is 0 Å². The largest absolute Gasteiger partial charge is 0.480 e. The molecule has 0 aromatic carbocycles. The summed E-state index contributed by atoms with van der Waals surface area (Å²) >= 11 is 0. The van der Waals surface area contributed by atoms with Crippen molar-refractivity contribution in [2.75, 3.05) is 32.8 Å². The molecule has 1 saturated heterocycles. The lowest BCUT2D eigenvalue weighted by Gasteiger charge is -2.36. The van der Waals surface area contributed by atoms with E-state index in [9.17, 15) is 14.4 Å². The van der Waals surface area contributed by atoms with Crippen LogP contribution in [0.3, 0.4) is 0 Å². The monoisotopic (exact) mass is 286 g/mol. The van der Waals surface area contributed by atoms with E-state index in [2.05, 4.69) is 0 Å². The Morgan fingerprint density at radius 2 is 1.75 bits per heavy atom. The molecule has 1 amide bonds. The molecule has 1 atom stereocenters. The maximum Gasteiger partial charge on any atom is 0.320 e. The molecule has 0 aromatic heterocycles. The Balaban J connectivity index is 2.32. The Labute approximate surface area is 118 Å². The van der Waals surface area contributed by atoms with Crippen molar-refractivity contribution >= 4 is 17.8 Å². The third-order valence-corrected chi connectivity index (χ3v) is 3.42. The number of hydrogen-bond donors (Lipinski definition) is 1. The first-order valence-corrected chi connectivity index (χ1v) is 6.86. The van der Waals surface area contributed by atoms with Crippen LogP contribution in [0.4, 0.5) is 0 Å². The summed E-state index contributed by atoms with van der Waals surface area (Å²) in [5.74, 6) is -1.30. The van der Waals surface area contributed by atoms with Crippen molar-refractivity contribution in [3.8, 4) is 0 Å². The first-order valence-electron chi connectivity index (χ1n) is 6.86. The number of amides is 1. The van der Waals surface area contributed by atoms with Gasteiger partial charge in [0.15, 0.2) is 0 Å². The molecule has 7 nitrogen and oxygen atoms in total. The van der Waals surface area contributed by atoms with Gasteiger partial charge in [-0.3, -0.25) is 19.3 Å². The molecule has 1 aliphatic heterocycles. The van der Waals surface area contributed by atoms with Crippen LogP contribution in [0.15, 0.2) is 0 Å². The first-order chi connectivity index (χ1) is 9.45. The van der Waals surface area contributed by atoms with Gasteiger partial charge in [-0.1, -0.05) is 0 Å². The summed E-state index contributed by atoms with van der Waals surface area (Å²) in [5.41, 5.74) is 0. The molecule has 1 heterocycles. The zero-order valence-electron chi connectivity index (χ0n) is 12.0. The molecule has 114 valence electrons. The van der Waals surface area contributed by atoms with Crippen molar-refractivity contribution in [1.82, 2.24) is 9.80 Å². The van der Waals surface area contributed by atoms with E-state index in [0.29, 0.717) is 32.8 Å². The number of rotatable bonds is 6. The third-order valence-electron chi connectivity index (χ3n) is 3.42. The van der Waals surface area contributed by atoms with Crippen molar-refractivity contribution in [2.24, 2.45) is 0 Å². The molecule has 0 radical (unpaired) electrons. The minimum absolute atomic E-state index is 0.0827. The summed E-state index contributed by atoms with van der Waals surface area (Å²) in [6.07, 6.45) is 0.242. The molecule has 0 aliphatic carbocycles. The van der Waals surface area contributed by atoms with Gasteiger partial charge >= 0.3 is 11.9 Å². The molecule has 1 fully saturated rings. The van der Waals surface area contributed by atoms with Gasteiger partial charge in [0.25, 0.3) is 0 Å². The predicted octanol–water partition coefficient (Wildman–Crippen LogP) is -0.0530. The number of nitrogens with zero attached hydrogens (tertiary/aromatic N) is 2. The number of esters is 1. The Hall–Kier alpha value is -1.63. The number of carboxylic acids is 1. The molecule has 0 bridgehead atoms. The van der Waals surface area contributed by atoms with E-state index in [1.807, 2.05) is 4.90 Å². The minimum Gasteiger partial charge on any atom is -0.480 e. The quantitative estimate of drug-likeness (QED) is 0.689. The van der Waals surface area contributed by atoms with E-state index < -0.39 is 12.0 Å². The van der Waals surface area contributed by atoms with Crippen LogP contribution < -0.4 is 0 Å². The van der Waals surface area contributed by atoms with Crippen LogP contribution in [0.5, 0.6) is 0 Å². The second-order valence-corrected chi connectivity index (χ2v) is 4.74. The Bertz CT molecular complexity index is 364. The fourth-order valence-corrected chi connectivity index (χ4v) is 2.12. The van der Waals surface area contributed by atoms with E-state index in [4.69, 9.17) is 9.84 Å². The van der Waals surface area contributed by atoms with Crippen LogP contribution in [-0.4, -0.2) is 71.6 Å². The SMILES string of the molecule is CCOC(=O)CCC(=O)N1CCN(C(C)C(=O)O)CC1. The smallest absolute Gasteiger partial charge is 0.320 e. The summed E-state index contributed by atoms with van der Waals surface area (Å²) in [7, 11) is 0. The standard InChI is InChI=1S/C13H22N2O5/c1-3-20-12(17)5-4-11(16)15-8-6-14(7-9-15)10(2)13(18)19/h10H,3-9H2,1-2H3,(H,18,19). The lowest BCUT2D eigenvalue weighted by molar-refractivity contribution is -0.147. The van der Waals surface area contributed by atoms with Gasteiger partial charge < -0.3 is 14.7 Å². The summed E-state index contributed by atoms with van der Waals surface area (Å²) in [6, 6.07) is -0.535. The lowest BCUT2D eigenvalue weighted by Crippen LogP contribution is -2.53. The highest BCUT2D eigenvalue weighted by Crippen LogP contribution is 2.09. The number of piperazine rings is 1. The Kier molecular flexibility index (Phi) is 6.44. The van der Waals surface area contributed by atoms with Crippen LogP contribution >= 0.6 is 0 Å². The molecule has 1 aliphatic rings.